The number of carbonyl (C=O) groups is 2. The van der Waals surface area contributed by atoms with Crippen LogP contribution in [0.2, 0.25) is 0 Å². The van der Waals surface area contributed by atoms with Crippen LogP contribution in [0.25, 0.3) is 0 Å². The van der Waals surface area contributed by atoms with Crippen molar-refractivity contribution in [1.29, 1.82) is 0 Å². The highest BCUT2D eigenvalue weighted by molar-refractivity contribution is 5.96. The SMILES string of the molecule is Cc1ccc(N)cc1C(=O)N1CCN(CC(=O)NCc2ccccc2)CC1.Cl.Cl. The van der Waals surface area contributed by atoms with E-state index >= 15 is 0 Å². The third-order valence-electron chi connectivity index (χ3n) is 4.85. The maximum atomic E-state index is 12.7. The first-order chi connectivity index (χ1) is 13.0. The molecule has 2 aromatic carbocycles. The zero-order valence-electron chi connectivity index (χ0n) is 16.5. The van der Waals surface area contributed by atoms with E-state index < -0.39 is 0 Å². The molecule has 0 bridgehead atoms. The minimum Gasteiger partial charge on any atom is -0.399 e. The Kier molecular flexibility index (Phi) is 9.95. The van der Waals surface area contributed by atoms with Crippen molar-refractivity contribution >= 4 is 42.3 Å². The van der Waals surface area contributed by atoms with Gasteiger partial charge in [-0.25, -0.2) is 0 Å². The van der Waals surface area contributed by atoms with Crippen molar-refractivity contribution in [1.82, 2.24) is 15.1 Å². The number of nitrogens with two attached hydrogens (primary N) is 1. The quantitative estimate of drug-likeness (QED) is 0.702. The molecule has 1 saturated heterocycles. The van der Waals surface area contributed by atoms with Gasteiger partial charge in [0.1, 0.15) is 0 Å². The molecule has 158 valence electrons. The van der Waals surface area contributed by atoms with E-state index in [-0.39, 0.29) is 36.6 Å². The maximum absolute atomic E-state index is 12.7. The maximum Gasteiger partial charge on any atom is 0.254 e. The number of nitrogen functional groups attached to an aromatic ring is 1. The molecule has 3 N–H and O–H groups in total. The van der Waals surface area contributed by atoms with Crippen LogP contribution in [0.15, 0.2) is 48.5 Å². The summed E-state index contributed by atoms with van der Waals surface area (Å²) in [7, 11) is 0. The number of aryl methyl sites for hydroxylation is 1. The van der Waals surface area contributed by atoms with Crippen molar-refractivity contribution in [2.24, 2.45) is 0 Å². The molecule has 2 aromatic rings. The molecule has 0 radical (unpaired) electrons. The Morgan fingerprint density at radius 3 is 2.31 bits per heavy atom. The number of hydrogen-bond acceptors (Lipinski definition) is 4. The monoisotopic (exact) mass is 438 g/mol. The summed E-state index contributed by atoms with van der Waals surface area (Å²) >= 11 is 0. The molecule has 1 aliphatic heterocycles. The van der Waals surface area contributed by atoms with E-state index in [1.54, 1.807) is 12.1 Å². The fraction of sp³-hybridized carbons (Fsp3) is 0.333. The summed E-state index contributed by atoms with van der Waals surface area (Å²) in [6, 6.07) is 15.3. The average Bonchev–Trinajstić information content (AvgIpc) is 2.69. The van der Waals surface area contributed by atoms with Gasteiger partial charge in [0.25, 0.3) is 5.91 Å². The number of piperazine rings is 1. The fourth-order valence-electron chi connectivity index (χ4n) is 3.20. The van der Waals surface area contributed by atoms with Crippen molar-refractivity contribution in [3.05, 3.63) is 65.2 Å². The van der Waals surface area contributed by atoms with Gasteiger partial charge in [0, 0.05) is 44.0 Å². The van der Waals surface area contributed by atoms with E-state index in [2.05, 4.69) is 10.2 Å². The Bertz CT molecular complexity index is 810. The number of hydrogen-bond donors (Lipinski definition) is 2. The summed E-state index contributed by atoms with van der Waals surface area (Å²) in [6.45, 7) is 5.40. The summed E-state index contributed by atoms with van der Waals surface area (Å²) in [5.41, 5.74) is 9.08. The second-order valence-corrected chi connectivity index (χ2v) is 6.91. The summed E-state index contributed by atoms with van der Waals surface area (Å²) < 4.78 is 0. The molecule has 0 aromatic heterocycles. The van der Waals surface area contributed by atoms with Gasteiger partial charge in [0.2, 0.25) is 5.91 Å². The first-order valence-corrected chi connectivity index (χ1v) is 9.21. The molecule has 0 aliphatic carbocycles. The highest BCUT2D eigenvalue weighted by atomic mass is 35.5. The van der Waals surface area contributed by atoms with E-state index in [4.69, 9.17) is 5.73 Å². The number of anilines is 1. The Labute approximate surface area is 184 Å². The largest absolute Gasteiger partial charge is 0.399 e. The molecule has 2 amide bonds. The van der Waals surface area contributed by atoms with E-state index in [9.17, 15) is 9.59 Å². The molecule has 1 heterocycles. The van der Waals surface area contributed by atoms with E-state index in [0.717, 1.165) is 11.1 Å². The second kappa shape index (κ2) is 11.7. The van der Waals surface area contributed by atoms with Crippen molar-refractivity contribution in [2.75, 3.05) is 38.5 Å². The zero-order chi connectivity index (χ0) is 19.2. The molecule has 6 nitrogen and oxygen atoms in total. The van der Waals surface area contributed by atoms with Crippen LogP contribution in [0.3, 0.4) is 0 Å². The van der Waals surface area contributed by atoms with E-state index in [0.29, 0.717) is 50.5 Å². The van der Waals surface area contributed by atoms with Crippen LogP contribution in [0.4, 0.5) is 5.69 Å². The summed E-state index contributed by atoms with van der Waals surface area (Å²) in [5, 5.41) is 2.94. The van der Waals surface area contributed by atoms with Gasteiger partial charge >= 0.3 is 0 Å². The molecular formula is C21H28Cl2N4O2. The Hall–Kier alpha value is -2.28. The van der Waals surface area contributed by atoms with Gasteiger partial charge < -0.3 is 16.0 Å². The molecule has 1 fully saturated rings. The summed E-state index contributed by atoms with van der Waals surface area (Å²) in [6.07, 6.45) is 0. The fourth-order valence-corrected chi connectivity index (χ4v) is 3.20. The minimum absolute atomic E-state index is 0. The number of nitrogens with zero attached hydrogens (tertiary/aromatic N) is 2. The van der Waals surface area contributed by atoms with E-state index in [1.807, 2.05) is 48.2 Å². The highest BCUT2D eigenvalue weighted by Gasteiger charge is 2.24. The molecule has 3 rings (SSSR count). The topological polar surface area (TPSA) is 78.7 Å². The molecule has 8 heteroatoms. The first kappa shape index (κ1) is 24.8. The highest BCUT2D eigenvalue weighted by Crippen LogP contribution is 2.16. The Morgan fingerprint density at radius 2 is 1.66 bits per heavy atom. The van der Waals surface area contributed by atoms with Crippen LogP contribution in [-0.2, 0) is 11.3 Å². The van der Waals surface area contributed by atoms with Crippen LogP contribution >= 0.6 is 24.8 Å². The van der Waals surface area contributed by atoms with Crippen molar-refractivity contribution < 1.29 is 9.59 Å². The predicted octanol–water partition coefficient (Wildman–Crippen LogP) is 2.50. The third-order valence-corrected chi connectivity index (χ3v) is 4.85. The summed E-state index contributed by atoms with van der Waals surface area (Å²) in [4.78, 5) is 28.8. The van der Waals surface area contributed by atoms with Gasteiger partial charge in [-0.2, -0.15) is 0 Å². The second-order valence-electron chi connectivity index (χ2n) is 6.91. The molecule has 0 spiro atoms. The number of halogens is 2. The molecule has 1 aliphatic rings. The molecule has 0 saturated carbocycles. The standard InChI is InChI=1S/C21H26N4O2.2ClH/c1-16-7-8-18(22)13-19(16)21(27)25-11-9-24(10-12-25)15-20(26)23-14-17-5-3-2-4-6-17;;/h2-8,13H,9-12,14-15,22H2,1H3,(H,23,26);2*1H. The van der Waals surface area contributed by atoms with Crippen molar-refractivity contribution in [3.8, 4) is 0 Å². The first-order valence-electron chi connectivity index (χ1n) is 9.21. The third kappa shape index (κ3) is 6.92. The van der Waals surface area contributed by atoms with Gasteiger partial charge in [-0.15, -0.1) is 24.8 Å². The van der Waals surface area contributed by atoms with Gasteiger partial charge in [0.15, 0.2) is 0 Å². The van der Waals surface area contributed by atoms with Gasteiger partial charge in [0.05, 0.1) is 6.54 Å². The molecule has 29 heavy (non-hydrogen) atoms. The molecule has 0 unspecified atom stereocenters. The van der Waals surface area contributed by atoms with Crippen LogP contribution in [0.1, 0.15) is 21.5 Å². The lowest BCUT2D eigenvalue weighted by Crippen LogP contribution is -2.51. The number of benzene rings is 2. The van der Waals surface area contributed by atoms with Gasteiger partial charge in [-0.3, -0.25) is 14.5 Å². The number of rotatable bonds is 5. The average molecular weight is 439 g/mol. The minimum atomic E-state index is 0. The normalized spacial score (nSPS) is 13.8. The number of amides is 2. The lowest BCUT2D eigenvalue weighted by Gasteiger charge is -2.34. The molecule has 0 atom stereocenters. The van der Waals surface area contributed by atoms with E-state index in [1.165, 1.54) is 0 Å². The lowest BCUT2D eigenvalue weighted by atomic mass is 10.1. The van der Waals surface area contributed by atoms with Crippen LogP contribution in [0, 0.1) is 6.92 Å². The van der Waals surface area contributed by atoms with Crippen LogP contribution < -0.4 is 11.1 Å². The Balaban J connectivity index is 0.00000210. The van der Waals surface area contributed by atoms with Crippen molar-refractivity contribution in [2.45, 2.75) is 13.5 Å². The van der Waals surface area contributed by atoms with Gasteiger partial charge in [-0.05, 0) is 30.2 Å². The number of carbonyl (C=O) groups excluding carboxylic acids is 2. The zero-order valence-corrected chi connectivity index (χ0v) is 18.1. The smallest absolute Gasteiger partial charge is 0.254 e. The number of nitrogens with one attached hydrogen (secondary N) is 1. The van der Waals surface area contributed by atoms with Crippen LogP contribution in [-0.4, -0.2) is 54.3 Å². The lowest BCUT2D eigenvalue weighted by molar-refractivity contribution is -0.122. The molecular weight excluding hydrogens is 411 g/mol. The van der Waals surface area contributed by atoms with Gasteiger partial charge in [-0.1, -0.05) is 36.4 Å². The van der Waals surface area contributed by atoms with Crippen molar-refractivity contribution in [3.63, 3.8) is 0 Å². The summed E-state index contributed by atoms with van der Waals surface area (Å²) in [5.74, 6) is 0.0123. The Morgan fingerprint density at radius 1 is 1.00 bits per heavy atom. The predicted molar refractivity (Wildman–Crippen MR) is 121 cm³/mol. The van der Waals surface area contributed by atoms with Crippen LogP contribution in [0.5, 0.6) is 0 Å².